The van der Waals surface area contributed by atoms with Gasteiger partial charge in [-0.2, -0.15) is 0 Å². The quantitative estimate of drug-likeness (QED) is 0.530. The van der Waals surface area contributed by atoms with Crippen molar-refractivity contribution in [3.8, 4) is 11.8 Å². The van der Waals surface area contributed by atoms with E-state index in [2.05, 4.69) is 16.6 Å². The van der Waals surface area contributed by atoms with Crippen LogP contribution in [0.1, 0.15) is 11.8 Å². The van der Waals surface area contributed by atoms with E-state index in [1.54, 1.807) is 19.1 Å². The van der Waals surface area contributed by atoms with Crippen LogP contribution in [-0.2, 0) is 9.53 Å². The smallest absolute Gasteiger partial charge is 0.384 e. The molecule has 1 aromatic heterocycles. The molecule has 0 bridgehead atoms. The Labute approximate surface area is 85.5 Å². The van der Waals surface area contributed by atoms with E-state index in [4.69, 9.17) is 11.6 Å². The van der Waals surface area contributed by atoms with Crippen LogP contribution in [0.3, 0.4) is 0 Å². The zero-order chi connectivity index (χ0) is 9.68. The summed E-state index contributed by atoms with van der Waals surface area (Å²) in [5.41, 5.74) is 0. The van der Waals surface area contributed by atoms with Crippen molar-refractivity contribution >= 4 is 28.9 Å². The fraction of sp³-hybridized carbons (Fsp3) is 0.222. The van der Waals surface area contributed by atoms with Crippen LogP contribution in [0.2, 0.25) is 4.34 Å². The maximum Gasteiger partial charge on any atom is 0.384 e. The highest BCUT2D eigenvalue weighted by atomic mass is 35.5. The van der Waals surface area contributed by atoms with Crippen molar-refractivity contribution in [2.45, 2.75) is 6.92 Å². The molecule has 0 atom stereocenters. The van der Waals surface area contributed by atoms with Gasteiger partial charge in [0.1, 0.15) is 0 Å². The summed E-state index contributed by atoms with van der Waals surface area (Å²) in [4.78, 5) is 11.6. The van der Waals surface area contributed by atoms with Gasteiger partial charge in [-0.1, -0.05) is 11.6 Å². The van der Waals surface area contributed by atoms with Gasteiger partial charge in [0.05, 0.1) is 15.8 Å². The van der Waals surface area contributed by atoms with Gasteiger partial charge >= 0.3 is 5.97 Å². The van der Waals surface area contributed by atoms with Crippen molar-refractivity contribution < 1.29 is 9.53 Å². The maximum atomic E-state index is 10.8. The summed E-state index contributed by atoms with van der Waals surface area (Å²) in [5, 5.41) is 0. The van der Waals surface area contributed by atoms with Gasteiger partial charge in [-0.15, -0.1) is 11.3 Å². The lowest BCUT2D eigenvalue weighted by atomic mass is 10.4. The monoisotopic (exact) mass is 214 g/mol. The molecule has 0 aliphatic heterocycles. The number of rotatable bonds is 1. The molecule has 2 nitrogen and oxygen atoms in total. The molecule has 0 aliphatic rings. The van der Waals surface area contributed by atoms with E-state index in [9.17, 15) is 4.79 Å². The molecule has 0 saturated heterocycles. The summed E-state index contributed by atoms with van der Waals surface area (Å²) in [5.74, 6) is 4.51. The highest BCUT2D eigenvalue weighted by Gasteiger charge is 1.95. The molecule has 4 heteroatoms. The van der Waals surface area contributed by atoms with Gasteiger partial charge in [0.2, 0.25) is 0 Å². The summed E-state index contributed by atoms with van der Waals surface area (Å²) >= 11 is 7.00. The zero-order valence-corrected chi connectivity index (χ0v) is 8.54. The predicted molar refractivity (Wildman–Crippen MR) is 52.8 cm³/mol. The van der Waals surface area contributed by atoms with Crippen molar-refractivity contribution in [2.24, 2.45) is 0 Å². The average Bonchev–Trinajstić information content (AvgIpc) is 2.49. The van der Waals surface area contributed by atoms with Gasteiger partial charge in [-0.25, -0.2) is 4.79 Å². The van der Waals surface area contributed by atoms with E-state index in [-0.39, 0.29) is 0 Å². The number of ether oxygens (including phenoxy) is 1. The highest BCUT2D eigenvalue weighted by Crippen LogP contribution is 2.19. The molecule has 1 aromatic rings. The fourth-order valence-electron chi connectivity index (χ4n) is 0.661. The minimum absolute atomic E-state index is 0.346. The summed E-state index contributed by atoms with van der Waals surface area (Å²) in [7, 11) is 0. The summed E-state index contributed by atoms with van der Waals surface area (Å²) in [6.07, 6.45) is 0. The molecule has 68 valence electrons. The molecule has 0 spiro atoms. The Hall–Kier alpha value is -0.980. The Balaban J connectivity index is 2.62. The Morgan fingerprint density at radius 1 is 1.69 bits per heavy atom. The van der Waals surface area contributed by atoms with Gasteiger partial charge < -0.3 is 4.74 Å². The van der Waals surface area contributed by atoms with Crippen LogP contribution < -0.4 is 0 Å². The highest BCUT2D eigenvalue weighted by molar-refractivity contribution is 7.16. The second kappa shape index (κ2) is 4.90. The minimum Gasteiger partial charge on any atom is -0.456 e. The molecule has 0 amide bonds. The second-order valence-electron chi connectivity index (χ2n) is 2.07. The molecule has 0 fully saturated rings. The predicted octanol–water partition coefficient (Wildman–Crippen LogP) is 2.32. The molecule has 13 heavy (non-hydrogen) atoms. The molecular formula is C9H7ClO2S. The molecule has 1 rings (SSSR count). The van der Waals surface area contributed by atoms with Crippen molar-refractivity contribution in [1.29, 1.82) is 0 Å². The van der Waals surface area contributed by atoms with Gasteiger partial charge in [0.15, 0.2) is 0 Å². The van der Waals surface area contributed by atoms with E-state index < -0.39 is 5.97 Å². The number of carbonyl (C=O) groups excluding carboxylic acids is 1. The summed E-state index contributed by atoms with van der Waals surface area (Å²) < 4.78 is 5.29. The molecule has 0 saturated carbocycles. The number of carbonyl (C=O) groups is 1. The lowest BCUT2D eigenvalue weighted by Gasteiger charge is -1.89. The first-order valence-corrected chi connectivity index (χ1v) is 4.86. The van der Waals surface area contributed by atoms with Gasteiger partial charge in [-0.3, -0.25) is 0 Å². The Kier molecular flexibility index (Phi) is 3.81. The Bertz CT molecular complexity index is 359. The normalized spacial score (nSPS) is 8.77. The van der Waals surface area contributed by atoms with Crippen LogP contribution in [0, 0.1) is 11.8 Å². The van der Waals surface area contributed by atoms with E-state index >= 15 is 0 Å². The molecule has 0 aliphatic carbocycles. The number of esters is 1. The zero-order valence-electron chi connectivity index (χ0n) is 6.96. The van der Waals surface area contributed by atoms with Gasteiger partial charge in [0, 0.05) is 5.92 Å². The van der Waals surface area contributed by atoms with Gasteiger partial charge in [-0.05, 0) is 25.0 Å². The number of halogens is 1. The topological polar surface area (TPSA) is 26.3 Å². The first kappa shape index (κ1) is 10.1. The molecule has 0 N–H and O–H groups in total. The first-order valence-electron chi connectivity index (χ1n) is 3.66. The van der Waals surface area contributed by atoms with E-state index in [0.717, 1.165) is 4.88 Å². The molecule has 0 radical (unpaired) electrons. The lowest BCUT2D eigenvalue weighted by molar-refractivity contribution is -0.136. The SMILES string of the molecule is CCOC(=O)C#Cc1ccc(Cl)s1. The van der Waals surface area contributed by atoms with E-state index in [1.807, 2.05) is 0 Å². The van der Waals surface area contributed by atoms with Crippen molar-refractivity contribution in [2.75, 3.05) is 6.61 Å². The maximum absolute atomic E-state index is 10.8. The number of hydrogen-bond acceptors (Lipinski definition) is 3. The minimum atomic E-state index is -0.507. The van der Waals surface area contributed by atoms with E-state index in [1.165, 1.54) is 11.3 Å². The Morgan fingerprint density at radius 2 is 2.46 bits per heavy atom. The van der Waals surface area contributed by atoms with Crippen LogP contribution in [0.25, 0.3) is 0 Å². The average molecular weight is 215 g/mol. The molecule has 0 aromatic carbocycles. The van der Waals surface area contributed by atoms with Crippen LogP contribution in [-0.4, -0.2) is 12.6 Å². The summed E-state index contributed by atoms with van der Waals surface area (Å²) in [6, 6.07) is 3.50. The molecule has 1 heterocycles. The van der Waals surface area contributed by atoms with Crippen molar-refractivity contribution in [1.82, 2.24) is 0 Å². The third kappa shape index (κ3) is 3.49. The largest absolute Gasteiger partial charge is 0.456 e. The lowest BCUT2D eigenvalue weighted by Crippen LogP contribution is -1.99. The molecular weight excluding hydrogens is 208 g/mol. The first-order chi connectivity index (χ1) is 6.22. The Morgan fingerprint density at radius 3 is 3.00 bits per heavy atom. The van der Waals surface area contributed by atoms with E-state index in [0.29, 0.717) is 10.9 Å². The summed E-state index contributed by atoms with van der Waals surface area (Å²) in [6.45, 7) is 2.08. The third-order valence-electron chi connectivity index (χ3n) is 1.14. The second-order valence-corrected chi connectivity index (χ2v) is 3.79. The van der Waals surface area contributed by atoms with Crippen molar-refractivity contribution in [3.63, 3.8) is 0 Å². The van der Waals surface area contributed by atoms with Crippen LogP contribution in [0.15, 0.2) is 12.1 Å². The van der Waals surface area contributed by atoms with Crippen LogP contribution in [0.5, 0.6) is 0 Å². The third-order valence-corrected chi connectivity index (χ3v) is 2.28. The molecule has 0 unspecified atom stereocenters. The van der Waals surface area contributed by atoms with Crippen LogP contribution in [0.4, 0.5) is 0 Å². The van der Waals surface area contributed by atoms with Crippen LogP contribution >= 0.6 is 22.9 Å². The number of thiophene rings is 1. The number of hydrogen-bond donors (Lipinski definition) is 0. The van der Waals surface area contributed by atoms with Crippen molar-refractivity contribution in [3.05, 3.63) is 21.3 Å². The van der Waals surface area contributed by atoms with Gasteiger partial charge in [0.25, 0.3) is 0 Å². The standard InChI is InChI=1S/C9H7ClO2S/c1-2-12-9(11)6-4-7-3-5-8(10)13-7/h3,5H,2H2,1H3. The fourth-order valence-corrected chi connectivity index (χ4v) is 1.56.